The van der Waals surface area contributed by atoms with Crippen LogP contribution in [-0.4, -0.2) is 31.1 Å². The number of hydrogen-bond donors (Lipinski definition) is 2. The van der Waals surface area contributed by atoms with Crippen LogP contribution in [0, 0.1) is 10.1 Å². The summed E-state index contributed by atoms with van der Waals surface area (Å²) in [4.78, 5) is 22.2. The van der Waals surface area contributed by atoms with E-state index in [4.69, 9.17) is 9.47 Å². The van der Waals surface area contributed by atoms with E-state index in [1.165, 1.54) is 12.1 Å². The van der Waals surface area contributed by atoms with E-state index in [2.05, 4.69) is 10.6 Å². The molecule has 25 heavy (non-hydrogen) atoms. The van der Waals surface area contributed by atoms with Gasteiger partial charge in [-0.25, -0.2) is 0 Å². The summed E-state index contributed by atoms with van der Waals surface area (Å²) in [6.07, 6.45) is 0.682. The molecule has 0 unspecified atom stereocenters. The van der Waals surface area contributed by atoms with E-state index in [1.54, 1.807) is 7.11 Å². The SMILES string of the molecule is COc1ccc(CCNc2cc3c(cc2[N+](=O)[O-])OCC(=O)N3)cc1. The van der Waals surface area contributed by atoms with Crippen LogP contribution in [0.4, 0.5) is 17.1 Å². The van der Waals surface area contributed by atoms with Crippen molar-refractivity contribution in [3.63, 3.8) is 0 Å². The number of fused-ring (bicyclic) bond motifs is 1. The van der Waals surface area contributed by atoms with Gasteiger partial charge in [0.15, 0.2) is 12.4 Å². The Balaban J connectivity index is 1.73. The summed E-state index contributed by atoms with van der Waals surface area (Å²) in [5.74, 6) is 0.787. The van der Waals surface area contributed by atoms with Crippen LogP contribution in [0.3, 0.4) is 0 Å². The van der Waals surface area contributed by atoms with Crippen molar-refractivity contribution >= 4 is 23.0 Å². The maximum absolute atomic E-state index is 11.4. The van der Waals surface area contributed by atoms with Gasteiger partial charge in [-0.1, -0.05) is 12.1 Å². The zero-order valence-corrected chi connectivity index (χ0v) is 13.6. The number of amides is 1. The van der Waals surface area contributed by atoms with Crippen LogP contribution in [0.25, 0.3) is 0 Å². The lowest BCUT2D eigenvalue weighted by Gasteiger charge is -2.19. The van der Waals surface area contributed by atoms with Crippen LogP contribution in [-0.2, 0) is 11.2 Å². The van der Waals surface area contributed by atoms with Crippen LogP contribution in [0.2, 0.25) is 0 Å². The number of hydrogen-bond acceptors (Lipinski definition) is 6. The van der Waals surface area contributed by atoms with Crippen molar-refractivity contribution in [3.05, 3.63) is 52.1 Å². The molecule has 0 spiro atoms. The highest BCUT2D eigenvalue weighted by molar-refractivity contribution is 5.96. The number of carbonyl (C=O) groups is 1. The van der Waals surface area contributed by atoms with Gasteiger partial charge in [0, 0.05) is 6.54 Å². The van der Waals surface area contributed by atoms with Crippen LogP contribution >= 0.6 is 0 Å². The quantitative estimate of drug-likeness (QED) is 0.617. The van der Waals surface area contributed by atoms with Gasteiger partial charge >= 0.3 is 0 Å². The maximum Gasteiger partial charge on any atom is 0.296 e. The van der Waals surface area contributed by atoms with Crippen LogP contribution in [0.15, 0.2) is 36.4 Å². The van der Waals surface area contributed by atoms with Gasteiger partial charge in [-0.2, -0.15) is 0 Å². The second kappa shape index (κ2) is 7.08. The fourth-order valence-electron chi connectivity index (χ4n) is 2.54. The monoisotopic (exact) mass is 343 g/mol. The third-order valence-electron chi connectivity index (χ3n) is 3.82. The smallest absolute Gasteiger partial charge is 0.296 e. The number of nitrogens with zero attached hydrogens (tertiary/aromatic N) is 1. The Morgan fingerprint density at radius 2 is 2.08 bits per heavy atom. The molecule has 1 aliphatic heterocycles. The summed E-state index contributed by atoms with van der Waals surface area (Å²) < 4.78 is 10.3. The average molecular weight is 343 g/mol. The van der Waals surface area contributed by atoms with Crippen LogP contribution < -0.4 is 20.1 Å². The zero-order chi connectivity index (χ0) is 17.8. The number of rotatable bonds is 6. The standard InChI is InChI=1S/C17H17N3O5/c1-24-12-4-2-11(3-5-12)6-7-18-13-8-14-16(9-15(13)20(22)23)25-10-17(21)19-14/h2-5,8-9,18H,6-7,10H2,1H3,(H,19,21). The van der Waals surface area contributed by atoms with Gasteiger partial charge in [0.1, 0.15) is 11.4 Å². The van der Waals surface area contributed by atoms with Gasteiger partial charge in [-0.3, -0.25) is 14.9 Å². The topological polar surface area (TPSA) is 103 Å². The van der Waals surface area contributed by atoms with Crippen LogP contribution in [0.5, 0.6) is 11.5 Å². The molecule has 8 heteroatoms. The molecule has 0 fully saturated rings. The van der Waals surface area contributed by atoms with E-state index in [0.717, 1.165) is 11.3 Å². The van der Waals surface area contributed by atoms with Crippen molar-refractivity contribution in [2.24, 2.45) is 0 Å². The highest BCUT2D eigenvalue weighted by atomic mass is 16.6. The Labute approximate surface area is 143 Å². The number of nitrogens with one attached hydrogen (secondary N) is 2. The Morgan fingerprint density at radius 1 is 1.32 bits per heavy atom. The number of ether oxygens (including phenoxy) is 2. The fraction of sp³-hybridized carbons (Fsp3) is 0.235. The molecule has 0 saturated heterocycles. The van der Waals surface area contributed by atoms with E-state index in [1.807, 2.05) is 24.3 Å². The van der Waals surface area contributed by atoms with Crippen LogP contribution in [0.1, 0.15) is 5.56 Å². The highest BCUT2D eigenvalue weighted by Gasteiger charge is 2.23. The summed E-state index contributed by atoms with van der Waals surface area (Å²) >= 11 is 0. The summed E-state index contributed by atoms with van der Waals surface area (Å²) in [6.45, 7) is 0.356. The van der Waals surface area contributed by atoms with E-state index >= 15 is 0 Å². The average Bonchev–Trinajstić information content (AvgIpc) is 2.61. The molecule has 0 aliphatic carbocycles. The molecule has 2 aromatic rings. The number of anilines is 2. The molecule has 0 radical (unpaired) electrons. The first-order valence-corrected chi connectivity index (χ1v) is 7.68. The highest BCUT2D eigenvalue weighted by Crippen LogP contribution is 2.37. The first-order valence-electron chi connectivity index (χ1n) is 7.68. The molecular weight excluding hydrogens is 326 g/mol. The summed E-state index contributed by atoms with van der Waals surface area (Å²) in [7, 11) is 1.61. The third-order valence-corrected chi connectivity index (χ3v) is 3.82. The number of nitro benzene ring substituents is 1. The fourth-order valence-corrected chi connectivity index (χ4v) is 2.54. The predicted octanol–water partition coefficient (Wildman–Crippen LogP) is 2.59. The molecule has 0 bridgehead atoms. The summed E-state index contributed by atoms with van der Waals surface area (Å²) in [5, 5.41) is 17.0. The molecule has 1 heterocycles. The number of nitro groups is 1. The maximum atomic E-state index is 11.4. The summed E-state index contributed by atoms with van der Waals surface area (Å²) in [6, 6.07) is 10.5. The molecule has 1 aliphatic rings. The van der Waals surface area contributed by atoms with Crippen molar-refractivity contribution in [2.75, 3.05) is 30.9 Å². The van der Waals surface area contributed by atoms with Crippen molar-refractivity contribution in [3.8, 4) is 11.5 Å². The first kappa shape index (κ1) is 16.6. The Bertz CT molecular complexity index is 805. The molecule has 8 nitrogen and oxygen atoms in total. The molecule has 2 aromatic carbocycles. The number of benzene rings is 2. The predicted molar refractivity (Wildman–Crippen MR) is 92.4 cm³/mol. The minimum atomic E-state index is -0.476. The number of carbonyl (C=O) groups excluding carboxylic acids is 1. The van der Waals surface area contributed by atoms with Crippen molar-refractivity contribution in [1.82, 2.24) is 0 Å². The normalized spacial score (nSPS) is 12.6. The molecule has 0 aromatic heterocycles. The molecule has 130 valence electrons. The van der Waals surface area contributed by atoms with Crippen molar-refractivity contribution in [2.45, 2.75) is 6.42 Å². The second-order valence-electron chi connectivity index (χ2n) is 5.48. The molecular formula is C17H17N3O5. The largest absolute Gasteiger partial charge is 0.497 e. The van der Waals surface area contributed by atoms with Gasteiger partial charge in [0.05, 0.1) is 23.8 Å². The second-order valence-corrected chi connectivity index (χ2v) is 5.48. The van der Waals surface area contributed by atoms with Gasteiger partial charge in [-0.05, 0) is 30.2 Å². The minimum absolute atomic E-state index is 0.0929. The molecule has 0 saturated carbocycles. The summed E-state index contributed by atoms with van der Waals surface area (Å²) in [5.41, 5.74) is 1.74. The van der Waals surface area contributed by atoms with Crippen molar-refractivity contribution in [1.29, 1.82) is 0 Å². The minimum Gasteiger partial charge on any atom is -0.497 e. The van der Waals surface area contributed by atoms with E-state index in [0.29, 0.717) is 30.1 Å². The van der Waals surface area contributed by atoms with Crippen molar-refractivity contribution < 1.29 is 19.2 Å². The number of methoxy groups -OCH3 is 1. The lowest BCUT2D eigenvalue weighted by Crippen LogP contribution is -2.25. The molecule has 1 amide bonds. The van der Waals surface area contributed by atoms with E-state index in [9.17, 15) is 14.9 Å². The molecule has 0 atom stereocenters. The van der Waals surface area contributed by atoms with E-state index in [-0.39, 0.29) is 18.2 Å². The Hall–Kier alpha value is -3.29. The lowest BCUT2D eigenvalue weighted by atomic mass is 10.1. The Morgan fingerprint density at radius 3 is 2.76 bits per heavy atom. The van der Waals surface area contributed by atoms with E-state index < -0.39 is 4.92 Å². The molecule has 3 rings (SSSR count). The first-order chi connectivity index (χ1) is 12.1. The Kier molecular flexibility index (Phi) is 4.69. The van der Waals surface area contributed by atoms with Gasteiger partial charge in [0.2, 0.25) is 0 Å². The molecule has 2 N–H and O–H groups in total. The van der Waals surface area contributed by atoms with Gasteiger partial charge < -0.3 is 20.1 Å². The van der Waals surface area contributed by atoms with Gasteiger partial charge in [0.25, 0.3) is 11.6 Å². The third kappa shape index (κ3) is 3.79. The van der Waals surface area contributed by atoms with Gasteiger partial charge in [-0.15, -0.1) is 0 Å². The lowest BCUT2D eigenvalue weighted by molar-refractivity contribution is -0.384. The zero-order valence-electron chi connectivity index (χ0n) is 13.6.